The van der Waals surface area contributed by atoms with Crippen LogP contribution in [0.1, 0.15) is 60.7 Å². The van der Waals surface area contributed by atoms with Gasteiger partial charge in [0.2, 0.25) is 0 Å². The van der Waals surface area contributed by atoms with E-state index in [1.807, 2.05) is 0 Å². The van der Waals surface area contributed by atoms with Crippen molar-refractivity contribution in [2.45, 2.75) is 57.8 Å². The molecule has 25 heavy (non-hydrogen) atoms. The van der Waals surface area contributed by atoms with E-state index >= 15 is 0 Å². The van der Waals surface area contributed by atoms with Gasteiger partial charge in [0.1, 0.15) is 5.82 Å². The molecule has 0 amide bonds. The molecule has 0 spiro atoms. The molecule has 0 atom stereocenters. The van der Waals surface area contributed by atoms with Crippen LogP contribution in [0.25, 0.3) is 11.3 Å². The van der Waals surface area contributed by atoms with Gasteiger partial charge in [0, 0.05) is 35.7 Å². The molecule has 3 nitrogen and oxygen atoms in total. The third kappa shape index (κ3) is 3.62. The van der Waals surface area contributed by atoms with Crippen molar-refractivity contribution in [3.05, 3.63) is 46.9 Å². The van der Waals surface area contributed by atoms with E-state index in [4.69, 9.17) is 9.97 Å². The Morgan fingerprint density at radius 1 is 0.920 bits per heavy atom. The number of aromatic nitrogens is 2. The molecule has 0 bridgehead atoms. The predicted molar refractivity (Wildman–Crippen MR) is 103 cm³/mol. The number of aryl methyl sites for hydroxylation is 1. The first kappa shape index (κ1) is 16.7. The Morgan fingerprint density at radius 2 is 1.68 bits per heavy atom. The zero-order chi connectivity index (χ0) is 17.2. The Hall–Kier alpha value is -1.74. The van der Waals surface area contributed by atoms with Crippen LogP contribution in [0, 0.1) is 6.92 Å². The second-order valence-electron chi connectivity index (χ2n) is 7.86. The third-order valence-electron chi connectivity index (χ3n) is 5.85. The van der Waals surface area contributed by atoms with Crippen LogP contribution in [0.2, 0.25) is 0 Å². The predicted octanol–water partition coefficient (Wildman–Crippen LogP) is 4.53. The molecule has 132 valence electrons. The Balaban J connectivity index is 1.81. The monoisotopic (exact) mass is 335 g/mol. The summed E-state index contributed by atoms with van der Waals surface area (Å²) in [7, 11) is 2.23. The summed E-state index contributed by atoms with van der Waals surface area (Å²) in [5.74, 6) is 1.67. The lowest BCUT2D eigenvalue weighted by Crippen LogP contribution is -2.26. The lowest BCUT2D eigenvalue weighted by molar-refractivity contribution is 0.325. The highest BCUT2D eigenvalue weighted by molar-refractivity contribution is 5.64. The van der Waals surface area contributed by atoms with E-state index in [0.29, 0.717) is 5.92 Å². The summed E-state index contributed by atoms with van der Waals surface area (Å²) in [4.78, 5) is 12.7. The van der Waals surface area contributed by atoms with Gasteiger partial charge in [-0.25, -0.2) is 9.97 Å². The summed E-state index contributed by atoms with van der Waals surface area (Å²) in [6.45, 7) is 4.41. The van der Waals surface area contributed by atoms with Crippen LogP contribution in [0.4, 0.5) is 0 Å². The molecule has 1 aliphatic heterocycles. The molecular weight excluding hydrogens is 306 g/mol. The zero-order valence-electron chi connectivity index (χ0n) is 15.6. The van der Waals surface area contributed by atoms with Crippen LogP contribution < -0.4 is 0 Å². The van der Waals surface area contributed by atoms with Crippen LogP contribution in [-0.4, -0.2) is 35.0 Å². The van der Waals surface area contributed by atoms with Gasteiger partial charge in [0.25, 0.3) is 0 Å². The Kier molecular flexibility index (Phi) is 4.85. The molecule has 3 heteroatoms. The second kappa shape index (κ2) is 7.25. The smallest absolute Gasteiger partial charge is 0.132 e. The Labute approximate surface area is 151 Å². The topological polar surface area (TPSA) is 29.0 Å². The quantitative estimate of drug-likeness (QED) is 0.807. The van der Waals surface area contributed by atoms with E-state index in [1.54, 1.807) is 0 Å². The molecule has 2 aromatic rings. The van der Waals surface area contributed by atoms with Gasteiger partial charge >= 0.3 is 0 Å². The molecule has 2 heterocycles. The van der Waals surface area contributed by atoms with E-state index in [2.05, 4.69) is 43.1 Å². The maximum Gasteiger partial charge on any atom is 0.132 e. The van der Waals surface area contributed by atoms with Gasteiger partial charge in [-0.3, -0.25) is 0 Å². The summed E-state index contributed by atoms with van der Waals surface area (Å²) in [6, 6.07) is 8.88. The van der Waals surface area contributed by atoms with Gasteiger partial charge < -0.3 is 4.90 Å². The molecule has 1 aliphatic carbocycles. The molecule has 4 rings (SSSR count). The number of benzene rings is 1. The lowest BCUT2D eigenvalue weighted by atomic mass is 9.95. The molecule has 1 saturated carbocycles. The van der Waals surface area contributed by atoms with E-state index in [1.165, 1.54) is 60.2 Å². The van der Waals surface area contributed by atoms with E-state index in [9.17, 15) is 0 Å². The van der Waals surface area contributed by atoms with Crippen molar-refractivity contribution in [1.82, 2.24) is 14.9 Å². The molecule has 1 aromatic carbocycles. The number of hydrogen-bond acceptors (Lipinski definition) is 3. The maximum atomic E-state index is 5.13. The first-order valence-electron chi connectivity index (χ1n) is 9.86. The van der Waals surface area contributed by atoms with Crippen LogP contribution >= 0.6 is 0 Å². The van der Waals surface area contributed by atoms with Gasteiger partial charge in [-0.2, -0.15) is 0 Å². The summed E-state index contributed by atoms with van der Waals surface area (Å²) in [5.41, 5.74) is 6.48. The van der Waals surface area contributed by atoms with Crippen molar-refractivity contribution < 1.29 is 0 Å². The summed E-state index contributed by atoms with van der Waals surface area (Å²) in [5, 5.41) is 0. The first-order chi connectivity index (χ1) is 12.2. The summed E-state index contributed by atoms with van der Waals surface area (Å²) in [6.07, 6.45) is 8.49. The first-order valence-corrected chi connectivity index (χ1v) is 9.86. The molecule has 0 N–H and O–H groups in total. The minimum atomic E-state index is 0.567. The van der Waals surface area contributed by atoms with Crippen LogP contribution in [0.5, 0.6) is 0 Å². The number of hydrogen-bond donors (Lipinski definition) is 0. The van der Waals surface area contributed by atoms with Crippen molar-refractivity contribution in [2.24, 2.45) is 0 Å². The standard InChI is InChI=1S/C22H29N3/c1-16-9-11-17(12-10-16)21-19-8-5-14-25(2)15-13-20(19)23-22(24-21)18-6-3-4-7-18/h9-12,18H,3-8,13-15H2,1-2H3. The largest absolute Gasteiger partial charge is 0.306 e. The number of fused-ring (bicyclic) bond motifs is 1. The van der Waals surface area contributed by atoms with Crippen molar-refractivity contribution >= 4 is 0 Å². The number of rotatable bonds is 2. The fourth-order valence-electron chi connectivity index (χ4n) is 4.27. The molecule has 0 radical (unpaired) electrons. The third-order valence-corrected chi connectivity index (χ3v) is 5.85. The molecule has 0 unspecified atom stereocenters. The minimum Gasteiger partial charge on any atom is -0.306 e. The maximum absolute atomic E-state index is 5.13. The van der Waals surface area contributed by atoms with Crippen molar-refractivity contribution in [3.8, 4) is 11.3 Å². The molecular formula is C22H29N3. The highest BCUT2D eigenvalue weighted by Crippen LogP contribution is 2.35. The zero-order valence-corrected chi connectivity index (χ0v) is 15.6. The summed E-state index contributed by atoms with van der Waals surface area (Å²) < 4.78 is 0. The van der Waals surface area contributed by atoms with E-state index in [0.717, 1.165) is 31.8 Å². The van der Waals surface area contributed by atoms with Crippen LogP contribution in [0.15, 0.2) is 24.3 Å². The molecule has 2 aliphatic rings. The average Bonchev–Trinajstić information content (AvgIpc) is 3.14. The highest BCUT2D eigenvalue weighted by atomic mass is 15.1. The van der Waals surface area contributed by atoms with Gasteiger partial charge in [0.15, 0.2) is 0 Å². The number of nitrogens with zero attached hydrogens (tertiary/aromatic N) is 3. The fourth-order valence-corrected chi connectivity index (χ4v) is 4.27. The van der Waals surface area contributed by atoms with Crippen LogP contribution in [-0.2, 0) is 12.8 Å². The van der Waals surface area contributed by atoms with Crippen molar-refractivity contribution in [3.63, 3.8) is 0 Å². The van der Waals surface area contributed by atoms with Gasteiger partial charge in [-0.15, -0.1) is 0 Å². The Bertz CT molecular complexity index is 730. The van der Waals surface area contributed by atoms with E-state index in [-0.39, 0.29) is 0 Å². The molecule has 1 fully saturated rings. The lowest BCUT2D eigenvalue weighted by Gasteiger charge is -2.24. The van der Waals surface area contributed by atoms with Gasteiger partial charge in [-0.1, -0.05) is 42.7 Å². The normalized spacial score (nSPS) is 19.4. The van der Waals surface area contributed by atoms with E-state index < -0.39 is 0 Å². The fraction of sp³-hybridized carbons (Fsp3) is 0.545. The van der Waals surface area contributed by atoms with Crippen molar-refractivity contribution in [2.75, 3.05) is 20.1 Å². The van der Waals surface area contributed by atoms with Crippen molar-refractivity contribution in [1.29, 1.82) is 0 Å². The summed E-state index contributed by atoms with van der Waals surface area (Å²) >= 11 is 0. The highest BCUT2D eigenvalue weighted by Gasteiger charge is 2.24. The second-order valence-corrected chi connectivity index (χ2v) is 7.86. The SMILES string of the molecule is Cc1ccc(-c2nc(C3CCCC3)nc3c2CCCN(C)CC3)cc1. The molecule has 0 saturated heterocycles. The molecule has 1 aromatic heterocycles. The van der Waals surface area contributed by atoms with Crippen LogP contribution in [0.3, 0.4) is 0 Å². The van der Waals surface area contributed by atoms with Gasteiger partial charge in [-0.05, 0) is 46.2 Å². The average molecular weight is 335 g/mol. The Morgan fingerprint density at radius 3 is 2.44 bits per heavy atom. The number of likely N-dealkylation sites (N-methyl/N-ethyl adjacent to an activating group) is 1. The van der Waals surface area contributed by atoms with Gasteiger partial charge in [0.05, 0.1) is 5.69 Å². The minimum absolute atomic E-state index is 0.567.